The number of benzene rings is 2. The first-order valence-electron chi connectivity index (χ1n) is 7.64. The Kier molecular flexibility index (Phi) is 6.60. The third-order valence-electron chi connectivity index (χ3n) is 3.75. The van der Waals surface area contributed by atoms with Crippen LogP contribution in [0.3, 0.4) is 0 Å². The fourth-order valence-corrected chi connectivity index (χ4v) is 3.59. The van der Waals surface area contributed by atoms with Crippen LogP contribution < -0.4 is 5.73 Å². The quantitative estimate of drug-likeness (QED) is 0.455. The van der Waals surface area contributed by atoms with Crippen molar-refractivity contribution in [2.75, 3.05) is 0 Å². The zero-order valence-corrected chi connectivity index (χ0v) is 15.5. The molecule has 0 aromatic heterocycles. The van der Waals surface area contributed by atoms with Gasteiger partial charge in [0.15, 0.2) is 0 Å². The summed E-state index contributed by atoms with van der Waals surface area (Å²) in [7, 11) is 0. The zero-order valence-electron chi connectivity index (χ0n) is 13.9. The Hall–Kier alpha value is -2.09. The number of nitriles is 1. The average molecular weight is 353 g/mol. The molecule has 2 rings (SSSR count). The molecule has 24 heavy (non-hydrogen) atoms. The van der Waals surface area contributed by atoms with Gasteiger partial charge in [0.25, 0.3) is 0 Å². The fourth-order valence-electron chi connectivity index (χ4n) is 2.43. The molecule has 2 nitrogen and oxygen atoms in total. The molecule has 2 aromatic rings. The molecule has 0 saturated carbocycles. The van der Waals surface area contributed by atoms with Crippen molar-refractivity contribution < 1.29 is 0 Å². The van der Waals surface area contributed by atoms with E-state index in [0.717, 1.165) is 17.1 Å². The van der Waals surface area contributed by atoms with Crippen LogP contribution >= 0.6 is 24.0 Å². The fraction of sp³-hybridized carbons (Fsp3) is 0.200. The van der Waals surface area contributed by atoms with Gasteiger partial charge in [-0.15, -0.1) is 0 Å². The van der Waals surface area contributed by atoms with Gasteiger partial charge in [-0.25, -0.2) is 0 Å². The lowest BCUT2D eigenvalue weighted by molar-refractivity contribution is 1.25. The highest BCUT2D eigenvalue weighted by molar-refractivity contribution is 7.97. The van der Waals surface area contributed by atoms with Crippen molar-refractivity contribution in [3.05, 3.63) is 75.9 Å². The number of hydrogen-bond acceptors (Lipinski definition) is 3. The van der Waals surface area contributed by atoms with Gasteiger partial charge in [0, 0.05) is 11.5 Å². The second-order valence-corrected chi connectivity index (χ2v) is 7.08. The van der Waals surface area contributed by atoms with Gasteiger partial charge in [-0.05, 0) is 42.2 Å². The summed E-state index contributed by atoms with van der Waals surface area (Å²) in [5, 5.41) is 9.16. The molecule has 0 saturated heterocycles. The van der Waals surface area contributed by atoms with Crippen LogP contribution in [0.1, 0.15) is 27.8 Å². The lowest BCUT2D eigenvalue weighted by Crippen LogP contribution is -2.10. The van der Waals surface area contributed by atoms with Crippen LogP contribution in [0.4, 0.5) is 0 Å². The number of thiocarbonyl (C=S) groups is 1. The van der Waals surface area contributed by atoms with Crippen molar-refractivity contribution in [1.29, 1.82) is 5.26 Å². The van der Waals surface area contributed by atoms with Gasteiger partial charge in [-0.2, -0.15) is 17.0 Å². The lowest BCUT2D eigenvalue weighted by Gasteiger charge is -2.11. The summed E-state index contributed by atoms with van der Waals surface area (Å²) < 4.78 is 0. The Labute approximate surface area is 153 Å². The molecule has 0 fully saturated rings. The van der Waals surface area contributed by atoms with E-state index in [1.807, 2.05) is 17.8 Å². The first-order valence-corrected chi connectivity index (χ1v) is 9.21. The standard InChI is InChI=1S/C20H20N2S2/c1-14-8-17(10-18(11-21)20(22)23)15(2)19(9-14)13-24-12-16-6-4-3-5-7-16/h3-10H,12-13H2,1-2H3,(H2,22,23)/b18-10+. The van der Waals surface area contributed by atoms with Crippen molar-refractivity contribution in [2.24, 2.45) is 5.73 Å². The maximum absolute atomic E-state index is 9.16. The van der Waals surface area contributed by atoms with E-state index in [1.165, 1.54) is 22.3 Å². The molecule has 0 amide bonds. The highest BCUT2D eigenvalue weighted by atomic mass is 32.2. The SMILES string of the molecule is Cc1cc(/C=C(\C#N)C(N)=S)c(C)c(CSCc2ccccc2)c1. The highest BCUT2D eigenvalue weighted by Gasteiger charge is 2.07. The number of aryl methyl sites for hydroxylation is 1. The maximum atomic E-state index is 9.16. The minimum Gasteiger partial charge on any atom is -0.389 e. The van der Waals surface area contributed by atoms with Crippen LogP contribution in [0.2, 0.25) is 0 Å². The van der Waals surface area contributed by atoms with Gasteiger partial charge in [0.05, 0.1) is 5.57 Å². The van der Waals surface area contributed by atoms with Crippen molar-refractivity contribution in [3.63, 3.8) is 0 Å². The van der Waals surface area contributed by atoms with Crippen molar-refractivity contribution in [1.82, 2.24) is 0 Å². The van der Waals surface area contributed by atoms with Gasteiger partial charge < -0.3 is 5.73 Å². The summed E-state index contributed by atoms with van der Waals surface area (Å²) in [6, 6.07) is 16.8. The van der Waals surface area contributed by atoms with Gasteiger partial charge in [-0.1, -0.05) is 60.2 Å². The number of rotatable bonds is 6. The zero-order chi connectivity index (χ0) is 17.5. The molecule has 0 aliphatic carbocycles. The second kappa shape index (κ2) is 8.68. The lowest BCUT2D eigenvalue weighted by atomic mass is 9.98. The molecule has 0 atom stereocenters. The van der Waals surface area contributed by atoms with E-state index in [4.69, 9.17) is 23.2 Å². The molecule has 0 radical (unpaired) electrons. The van der Waals surface area contributed by atoms with Gasteiger partial charge in [0.2, 0.25) is 0 Å². The Morgan fingerprint density at radius 3 is 2.54 bits per heavy atom. The van der Waals surface area contributed by atoms with Gasteiger partial charge in [-0.3, -0.25) is 0 Å². The van der Waals surface area contributed by atoms with Crippen LogP contribution in [0.15, 0.2) is 48.0 Å². The van der Waals surface area contributed by atoms with Gasteiger partial charge >= 0.3 is 0 Å². The minimum atomic E-state index is 0.137. The van der Waals surface area contributed by atoms with Crippen molar-refractivity contribution >= 4 is 35.0 Å². The van der Waals surface area contributed by atoms with E-state index in [-0.39, 0.29) is 4.99 Å². The molecular weight excluding hydrogens is 332 g/mol. The Balaban J connectivity index is 2.19. The third kappa shape index (κ3) is 4.95. The van der Waals surface area contributed by atoms with Gasteiger partial charge in [0.1, 0.15) is 11.1 Å². The number of hydrogen-bond donors (Lipinski definition) is 1. The Morgan fingerprint density at radius 2 is 1.92 bits per heavy atom. The molecule has 0 aliphatic rings. The molecular formula is C20H20N2S2. The molecule has 0 spiro atoms. The summed E-state index contributed by atoms with van der Waals surface area (Å²) >= 11 is 6.82. The highest BCUT2D eigenvalue weighted by Crippen LogP contribution is 2.25. The minimum absolute atomic E-state index is 0.137. The molecule has 0 bridgehead atoms. The van der Waals surface area contributed by atoms with Crippen LogP contribution in [-0.2, 0) is 11.5 Å². The molecule has 0 aliphatic heterocycles. The van der Waals surface area contributed by atoms with E-state index in [9.17, 15) is 0 Å². The summed E-state index contributed by atoms with van der Waals surface area (Å²) in [4.78, 5) is 0.137. The first-order chi connectivity index (χ1) is 11.5. The molecule has 0 unspecified atom stereocenters. The monoisotopic (exact) mass is 352 g/mol. The normalized spacial score (nSPS) is 11.1. The largest absolute Gasteiger partial charge is 0.389 e. The first kappa shape index (κ1) is 18.3. The number of nitrogens with zero attached hydrogens (tertiary/aromatic N) is 1. The molecule has 122 valence electrons. The molecule has 2 N–H and O–H groups in total. The average Bonchev–Trinajstić information content (AvgIpc) is 2.56. The van der Waals surface area contributed by atoms with E-state index in [2.05, 4.69) is 56.3 Å². The molecule has 4 heteroatoms. The number of thioether (sulfide) groups is 1. The van der Waals surface area contributed by atoms with Crippen LogP contribution in [0.5, 0.6) is 0 Å². The van der Waals surface area contributed by atoms with E-state index >= 15 is 0 Å². The summed E-state index contributed by atoms with van der Waals surface area (Å²) in [5.74, 6) is 1.91. The van der Waals surface area contributed by atoms with Crippen LogP contribution in [-0.4, -0.2) is 4.99 Å². The smallest absolute Gasteiger partial charge is 0.114 e. The van der Waals surface area contributed by atoms with Crippen LogP contribution in [0.25, 0.3) is 6.08 Å². The second-order valence-electron chi connectivity index (χ2n) is 5.65. The van der Waals surface area contributed by atoms with E-state index in [0.29, 0.717) is 5.57 Å². The number of nitrogens with two attached hydrogens (primary N) is 1. The third-order valence-corrected chi connectivity index (χ3v) is 5.03. The van der Waals surface area contributed by atoms with Crippen molar-refractivity contribution in [2.45, 2.75) is 25.4 Å². The summed E-state index contributed by atoms with van der Waals surface area (Å²) in [5.41, 5.74) is 11.9. The van der Waals surface area contributed by atoms with E-state index in [1.54, 1.807) is 6.08 Å². The predicted octanol–water partition coefficient (Wildman–Crippen LogP) is 4.93. The van der Waals surface area contributed by atoms with Crippen molar-refractivity contribution in [3.8, 4) is 6.07 Å². The Morgan fingerprint density at radius 1 is 1.21 bits per heavy atom. The maximum Gasteiger partial charge on any atom is 0.114 e. The molecule has 2 aromatic carbocycles. The van der Waals surface area contributed by atoms with E-state index < -0.39 is 0 Å². The predicted molar refractivity (Wildman–Crippen MR) is 108 cm³/mol. The summed E-state index contributed by atoms with van der Waals surface area (Å²) in [6.07, 6.45) is 1.79. The topological polar surface area (TPSA) is 49.8 Å². The summed E-state index contributed by atoms with van der Waals surface area (Å²) in [6.45, 7) is 4.15. The molecule has 0 heterocycles. The van der Waals surface area contributed by atoms with Crippen LogP contribution in [0, 0.1) is 25.2 Å². The Bertz CT molecular complexity index is 802.